The Bertz CT molecular complexity index is 633. The highest BCUT2D eigenvalue weighted by Gasteiger charge is 2.09. The first kappa shape index (κ1) is 13.1. The summed E-state index contributed by atoms with van der Waals surface area (Å²) < 4.78 is 4.81. The minimum Gasteiger partial charge on any atom is -0.465 e. The molecule has 0 radical (unpaired) electrons. The van der Waals surface area contributed by atoms with Crippen LogP contribution in [-0.4, -0.2) is 28.3 Å². The highest BCUT2D eigenvalue weighted by atomic mass is 32.2. The molecule has 0 unspecified atom stereocenters. The Labute approximate surface area is 112 Å². The van der Waals surface area contributed by atoms with Gasteiger partial charge in [-0.1, -0.05) is 11.8 Å². The number of aromatic amines is 1. The van der Waals surface area contributed by atoms with Crippen LogP contribution >= 0.6 is 23.1 Å². The average Bonchev–Trinajstić information content (AvgIpc) is 2.68. The van der Waals surface area contributed by atoms with E-state index in [0.717, 1.165) is 4.88 Å². The number of rotatable bonds is 4. The normalized spacial score (nSPS) is 10.8. The molecular weight excluding hydrogens is 272 g/mol. The van der Waals surface area contributed by atoms with Gasteiger partial charge in [0.05, 0.1) is 17.7 Å². The molecule has 7 heteroatoms. The van der Waals surface area contributed by atoms with E-state index < -0.39 is 0 Å². The number of hydrogen-bond acceptors (Lipinski definition) is 6. The first-order valence-electron chi connectivity index (χ1n) is 5.39. The lowest BCUT2D eigenvalue weighted by molar-refractivity contribution is -0.139. The molecule has 0 saturated carbocycles. The van der Waals surface area contributed by atoms with Gasteiger partial charge in [0.25, 0.3) is 5.56 Å². The number of thiophene rings is 1. The largest absolute Gasteiger partial charge is 0.465 e. The van der Waals surface area contributed by atoms with E-state index in [1.807, 2.05) is 13.0 Å². The number of nitrogens with one attached hydrogen (secondary N) is 1. The molecule has 96 valence electrons. The van der Waals surface area contributed by atoms with Crippen LogP contribution in [0.5, 0.6) is 0 Å². The average molecular weight is 284 g/mol. The summed E-state index contributed by atoms with van der Waals surface area (Å²) in [6.45, 7) is 4.03. The van der Waals surface area contributed by atoms with Gasteiger partial charge in [-0.05, 0) is 19.9 Å². The van der Waals surface area contributed by atoms with Gasteiger partial charge >= 0.3 is 5.97 Å². The van der Waals surface area contributed by atoms with Crippen LogP contribution < -0.4 is 5.56 Å². The summed E-state index contributed by atoms with van der Waals surface area (Å²) in [7, 11) is 0. The number of nitrogens with zero attached hydrogens (tertiary/aromatic N) is 1. The van der Waals surface area contributed by atoms with E-state index in [1.54, 1.807) is 6.92 Å². The molecule has 0 aliphatic carbocycles. The zero-order valence-electron chi connectivity index (χ0n) is 9.98. The summed E-state index contributed by atoms with van der Waals surface area (Å²) in [5.41, 5.74) is -0.171. The van der Waals surface area contributed by atoms with Crippen LogP contribution in [0, 0.1) is 6.92 Å². The van der Waals surface area contributed by atoms with E-state index in [9.17, 15) is 9.59 Å². The van der Waals surface area contributed by atoms with Crippen LogP contribution in [0.25, 0.3) is 10.2 Å². The molecule has 2 rings (SSSR count). The van der Waals surface area contributed by atoms with Gasteiger partial charge < -0.3 is 9.72 Å². The maximum atomic E-state index is 11.8. The number of hydrogen-bond donors (Lipinski definition) is 1. The summed E-state index contributed by atoms with van der Waals surface area (Å²) in [5.74, 6) is -0.167. The quantitative estimate of drug-likeness (QED) is 0.528. The summed E-state index contributed by atoms with van der Waals surface area (Å²) in [4.78, 5) is 31.7. The van der Waals surface area contributed by atoms with Gasteiger partial charge in [-0.2, -0.15) is 0 Å². The Morgan fingerprint density at radius 2 is 2.39 bits per heavy atom. The maximum Gasteiger partial charge on any atom is 0.316 e. The van der Waals surface area contributed by atoms with Crippen molar-refractivity contribution in [2.75, 3.05) is 12.4 Å². The van der Waals surface area contributed by atoms with E-state index in [4.69, 9.17) is 4.74 Å². The SMILES string of the molecule is CCOC(=O)CSc1nc2sc(C)cc2c(=O)[nH]1. The number of aryl methyl sites for hydroxylation is 1. The zero-order chi connectivity index (χ0) is 13.1. The van der Waals surface area contributed by atoms with Crippen molar-refractivity contribution in [3.05, 3.63) is 21.3 Å². The summed E-state index contributed by atoms with van der Waals surface area (Å²) in [5, 5.41) is 1.04. The minimum atomic E-state index is -0.312. The number of aromatic nitrogens is 2. The fraction of sp³-hybridized carbons (Fsp3) is 0.364. The lowest BCUT2D eigenvalue weighted by Gasteiger charge is -2.01. The van der Waals surface area contributed by atoms with Crippen LogP contribution in [0.15, 0.2) is 16.0 Å². The van der Waals surface area contributed by atoms with E-state index >= 15 is 0 Å². The van der Waals surface area contributed by atoms with Crippen molar-refractivity contribution in [1.29, 1.82) is 0 Å². The summed E-state index contributed by atoms with van der Waals surface area (Å²) in [6.07, 6.45) is 0. The number of ether oxygens (including phenoxy) is 1. The van der Waals surface area contributed by atoms with Gasteiger partial charge in [0, 0.05) is 4.88 Å². The van der Waals surface area contributed by atoms with Crippen molar-refractivity contribution in [2.24, 2.45) is 0 Å². The van der Waals surface area contributed by atoms with Crippen LogP contribution in [-0.2, 0) is 9.53 Å². The number of thioether (sulfide) groups is 1. The number of fused-ring (bicyclic) bond motifs is 1. The van der Waals surface area contributed by atoms with Gasteiger partial charge in [-0.3, -0.25) is 9.59 Å². The lowest BCUT2D eigenvalue weighted by Crippen LogP contribution is -2.10. The Morgan fingerprint density at radius 1 is 1.61 bits per heavy atom. The third kappa shape index (κ3) is 2.91. The third-order valence-corrected chi connectivity index (χ3v) is 3.93. The second-order valence-electron chi connectivity index (χ2n) is 3.54. The van der Waals surface area contributed by atoms with Gasteiger partial charge in [-0.25, -0.2) is 4.98 Å². The topological polar surface area (TPSA) is 72.0 Å². The number of carbonyl (C=O) groups is 1. The van der Waals surface area contributed by atoms with Gasteiger partial charge in [-0.15, -0.1) is 11.3 Å². The molecule has 18 heavy (non-hydrogen) atoms. The van der Waals surface area contributed by atoms with Crippen molar-refractivity contribution in [3.8, 4) is 0 Å². The molecule has 0 aromatic carbocycles. The molecule has 2 aromatic heterocycles. The first-order valence-corrected chi connectivity index (χ1v) is 7.19. The second-order valence-corrected chi connectivity index (χ2v) is 5.74. The molecule has 0 atom stereocenters. The van der Waals surface area contributed by atoms with Crippen molar-refractivity contribution in [1.82, 2.24) is 9.97 Å². The number of carbonyl (C=O) groups excluding carboxylic acids is 1. The molecule has 2 heterocycles. The predicted molar refractivity (Wildman–Crippen MR) is 72.3 cm³/mol. The molecule has 0 spiro atoms. The molecule has 2 aromatic rings. The highest BCUT2D eigenvalue weighted by molar-refractivity contribution is 7.99. The van der Waals surface area contributed by atoms with Gasteiger partial charge in [0.1, 0.15) is 4.83 Å². The molecule has 0 fully saturated rings. The number of esters is 1. The first-order chi connectivity index (χ1) is 8.60. The Hall–Kier alpha value is -1.34. The molecule has 0 bridgehead atoms. The van der Waals surface area contributed by atoms with E-state index in [1.165, 1.54) is 23.1 Å². The Kier molecular flexibility index (Phi) is 4.03. The Balaban J connectivity index is 2.19. The summed E-state index contributed by atoms with van der Waals surface area (Å²) in [6, 6.07) is 1.81. The van der Waals surface area contributed by atoms with Gasteiger partial charge in [0.2, 0.25) is 0 Å². The van der Waals surface area contributed by atoms with Crippen molar-refractivity contribution in [2.45, 2.75) is 19.0 Å². The van der Waals surface area contributed by atoms with Gasteiger partial charge in [0.15, 0.2) is 5.16 Å². The monoisotopic (exact) mass is 284 g/mol. The number of H-pyrrole nitrogens is 1. The molecule has 0 aliphatic heterocycles. The van der Waals surface area contributed by atoms with Crippen LogP contribution in [0.4, 0.5) is 0 Å². The molecule has 5 nitrogen and oxygen atoms in total. The molecular formula is C11H12N2O3S2. The van der Waals surface area contributed by atoms with Crippen LogP contribution in [0.1, 0.15) is 11.8 Å². The van der Waals surface area contributed by atoms with E-state index in [2.05, 4.69) is 9.97 Å². The molecule has 0 aliphatic rings. The zero-order valence-corrected chi connectivity index (χ0v) is 11.6. The fourth-order valence-corrected chi connectivity index (χ4v) is 3.03. The molecule has 0 saturated heterocycles. The molecule has 1 N–H and O–H groups in total. The third-order valence-electron chi connectivity index (χ3n) is 2.14. The van der Waals surface area contributed by atoms with Crippen LogP contribution in [0.3, 0.4) is 0 Å². The fourth-order valence-electron chi connectivity index (χ4n) is 1.43. The Morgan fingerprint density at radius 3 is 3.11 bits per heavy atom. The molecule has 0 amide bonds. The van der Waals surface area contributed by atoms with Crippen molar-refractivity contribution in [3.63, 3.8) is 0 Å². The standard InChI is InChI=1S/C11H12N2O3S2/c1-3-16-8(14)5-17-11-12-9(15)7-4-6(2)18-10(7)13-11/h4H,3,5H2,1-2H3,(H,12,13,15). The van der Waals surface area contributed by atoms with E-state index in [-0.39, 0.29) is 17.3 Å². The highest BCUT2D eigenvalue weighted by Crippen LogP contribution is 2.22. The van der Waals surface area contributed by atoms with E-state index in [0.29, 0.717) is 22.0 Å². The predicted octanol–water partition coefficient (Wildman–Crippen LogP) is 1.95. The minimum absolute atomic E-state index is 0.145. The lowest BCUT2D eigenvalue weighted by atomic mass is 10.4. The smallest absolute Gasteiger partial charge is 0.316 e. The maximum absolute atomic E-state index is 11.8. The second kappa shape index (κ2) is 5.53. The van der Waals surface area contributed by atoms with Crippen molar-refractivity contribution < 1.29 is 9.53 Å². The summed E-state index contributed by atoms with van der Waals surface area (Å²) >= 11 is 2.64. The van der Waals surface area contributed by atoms with Crippen molar-refractivity contribution >= 4 is 39.3 Å². The van der Waals surface area contributed by atoms with Crippen LogP contribution in [0.2, 0.25) is 0 Å².